The summed E-state index contributed by atoms with van der Waals surface area (Å²) in [7, 11) is -2.12. The van der Waals surface area contributed by atoms with Gasteiger partial charge >= 0.3 is 5.76 Å². The van der Waals surface area contributed by atoms with Crippen molar-refractivity contribution in [2.75, 3.05) is 19.9 Å². The zero-order valence-electron chi connectivity index (χ0n) is 15.1. The van der Waals surface area contributed by atoms with Crippen LogP contribution in [0.25, 0.3) is 11.1 Å². The van der Waals surface area contributed by atoms with Gasteiger partial charge in [-0.1, -0.05) is 6.07 Å². The van der Waals surface area contributed by atoms with E-state index < -0.39 is 15.8 Å². The van der Waals surface area contributed by atoms with Crippen LogP contribution >= 0.6 is 0 Å². The molecule has 0 radical (unpaired) electrons. The van der Waals surface area contributed by atoms with Crippen molar-refractivity contribution >= 4 is 21.1 Å². The molecular formula is C19H18N2O6S. The minimum Gasteiger partial charge on any atom is -0.454 e. The molecule has 0 unspecified atom stereocenters. The fourth-order valence-corrected chi connectivity index (χ4v) is 5.32. The van der Waals surface area contributed by atoms with Crippen LogP contribution in [0.1, 0.15) is 17.9 Å². The van der Waals surface area contributed by atoms with Gasteiger partial charge in [0.15, 0.2) is 17.1 Å². The van der Waals surface area contributed by atoms with E-state index in [1.165, 1.54) is 27.1 Å². The maximum atomic E-state index is 13.1. The Morgan fingerprint density at radius 2 is 1.89 bits per heavy atom. The minimum atomic E-state index is -3.67. The summed E-state index contributed by atoms with van der Waals surface area (Å²) in [5, 5.41) is 0. The molecule has 0 saturated carbocycles. The highest BCUT2D eigenvalue weighted by Crippen LogP contribution is 2.38. The highest BCUT2D eigenvalue weighted by molar-refractivity contribution is 7.89. The number of ether oxygens (including phenoxy) is 2. The molecule has 2 aliphatic heterocycles. The van der Waals surface area contributed by atoms with Crippen LogP contribution in [-0.2, 0) is 17.1 Å². The highest BCUT2D eigenvalue weighted by Gasteiger charge is 2.34. The molecule has 8 nitrogen and oxygen atoms in total. The Kier molecular flexibility index (Phi) is 3.78. The van der Waals surface area contributed by atoms with Crippen LogP contribution in [-0.4, -0.2) is 37.2 Å². The molecule has 0 spiro atoms. The number of hydrogen-bond acceptors (Lipinski definition) is 6. The van der Waals surface area contributed by atoms with Gasteiger partial charge in [0.1, 0.15) is 0 Å². The van der Waals surface area contributed by atoms with Gasteiger partial charge in [0.2, 0.25) is 16.8 Å². The monoisotopic (exact) mass is 402 g/mol. The van der Waals surface area contributed by atoms with Gasteiger partial charge in [-0.25, -0.2) is 13.2 Å². The second-order valence-corrected chi connectivity index (χ2v) is 8.96. The second-order valence-electron chi connectivity index (χ2n) is 7.02. The van der Waals surface area contributed by atoms with Crippen molar-refractivity contribution in [1.82, 2.24) is 8.87 Å². The van der Waals surface area contributed by atoms with E-state index in [4.69, 9.17) is 13.9 Å². The van der Waals surface area contributed by atoms with Crippen LogP contribution in [0.3, 0.4) is 0 Å². The fraction of sp³-hybridized carbons (Fsp3) is 0.316. The molecular weight excluding hydrogens is 384 g/mol. The molecule has 9 heteroatoms. The standard InChI is InChI=1S/C19H18N2O6S/c1-20-15-9-14(3-5-16(15)27-19(20)22)28(23,24)21-7-6-13(10-21)12-2-4-17-18(8-12)26-11-25-17/h2-5,8-9,13H,6-7,10-11H2,1H3/t13-/m0/s1. The van der Waals surface area contributed by atoms with Gasteiger partial charge in [-0.3, -0.25) is 4.57 Å². The molecule has 2 aliphatic rings. The van der Waals surface area contributed by atoms with Crippen molar-refractivity contribution in [3.05, 3.63) is 52.5 Å². The SMILES string of the molecule is Cn1c(=O)oc2ccc(S(=O)(=O)N3CC[C@H](c4ccc5c(c4)OCO5)C3)cc21. The number of oxazole rings is 1. The van der Waals surface area contributed by atoms with Crippen LogP contribution in [0.5, 0.6) is 11.5 Å². The molecule has 28 heavy (non-hydrogen) atoms. The molecule has 2 aromatic carbocycles. The van der Waals surface area contributed by atoms with Gasteiger partial charge in [-0.15, -0.1) is 0 Å². The molecule has 3 heterocycles. The van der Waals surface area contributed by atoms with Gasteiger partial charge in [-0.05, 0) is 48.2 Å². The average molecular weight is 402 g/mol. The average Bonchev–Trinajstić information content (AvgIpc) is 3.41. The lowest BCUT2D eigenvalue weighted by atomic mass is 9.98. The summed E-state index contributed by atoms with van der Waals surface area (Å²) in [6.07, 6.45) is 0.727. The third-order valence-electron chi connectivity index (χ3n) is 5.42. The first-order chi connectivity index (χ1) is 13.4. The van der Waals surface area contributed by atoms with Crippen molar-refractivity contribution in [2.45, 2.75) is 17.2 Å². The van der Waals surface area contributed by atoms with Gasteiger partial charge < -0.3 is 13.9 Å². The van der Waals surface area contributed by atoms with E-state index in [2.05, 4.69) is 0 Å². The van der Waals surface area contributed by atoms with Gasteiger partial charge in [-0.2, -0.15) is 4.31 Å². The van der Waals surface area contributed by atoms with Crippen LogP contribution in [0.15, 0.2) is 50.5 Å². The van der Waals surface area contributed by atoms with Gasteiger partial charge in [0.05, 0.1) is 10.4 Å². The smallest absolute Gasteiger partial charge is 0.419 e. The number of benzene rings is 2. The molecule has 1 fully saturated rings. The molecule has 0 bridgehead atoms. The molecule has 0 amide bonds. The fourth-order valence-electron chi connectivity index (χ4n) is 3.80. The molecule has 0 N–H and O–H groups in total. The van der Waals surface area contributed by atoms with E-state index in [1.54, 1.807) is 7.05 Å². The van der Waals surface area contributed by atoms with Crippen LogP contribution in [0.2, 0.25) is 0 Å². The number of nitrogens with zero attached hydrogens (tertiary/aromatic N) is 2. The van der Waals surface area contributed by atoms with Crippen LogP contribution in [0, 0.1) is 0 Å². The third kappa shape index (κ3) is 2.61. The minimum absolute atomic E-state index is 0.0892. The third-order valence-corrected chi connectivity index (χ3v) is 7.28. The summed E-state index contributed by atoms with van der Waals surface area (Å²) >= 11 is 0. The molecule has 3 aromatic rings. The van der Waals surface area contributed by atoms with E-state index in [1.807, 2.05) is 18.2 Å². The quantitative estimate of drug-likeness (QED) is 0.666. The zero-order valence-corrected chi connectivity index (χ0v) is 15.9. The molecule has 1 saturated heterocycles. The lowest BCUT2D eigenvalue weighted by Crippen LogP contribution is -2.28. The first-order valence-electron chi connectivity index (χ1n) is 8.93. The molecule has 1 atom stereocenters. The van der Waals surface area contributed by atoms with Crippen molar-refractivity contribution in [3.8, 4) is 11.5 Å². The normalized spacial score (nSPS) is 19.5. The van der Waals surface area contributed by atoms with E-state index in [9.17, 15) is 13.2 Å². The van der Waals surface area contributed by atoms with Gasteiger partial charge in [0, 0.05) is 20.1 Å². The summed E-state index contributed by atoms with van der Waals surface area (Å²) in [5.74, 6) is 0.982. The Morgan fingerprint density at radius 1 is 1.07 bits per heavy atom. The van der Waals surface area contributed by atoms with Gasteiger partial charge in [0.25, 0.3) is 0 Å². The van der Waals surface area contributed by atoms with Crippen molar-refractivity contribution in [1.29, 1.82) is 0 Å². The summed E-state index contributed by atoms with van der Waals surface area (Å²) in [6.45, 7) is 1.04. The summed E-state index contributed by atoms with van der Waals surface area (Å²) in [6, 6.07) is 10.2. The number of aromatic nitrogens is 1. The van der Waals surface area contributed by atoms with Crippen molar-refractivity contribution in [2.24, 2.45) is 7.05 Å². The highest BCUT2D eigenvalue weighted by atomic mass is 32.2. The number of sulfonamides is 1. The predicted octanol–water partition coefficient (Wildman–Crippen LogP) is 2.04. The predicted molar refractivity (Wildman–Crippen MR) is 100 cm³/mol. The van der Waals surface area contributed by atoms with E-state index in [0.29, 0.717) is 35.7 Å². The zero-order chi connectivity index (χ0) is 19.5. The maximum absolute atomic E-state index is 13.1. The Hall–Kier alpha value is -2.78. The Balaban J connectivity index is 1.43. The first kappa shape index (κ1) is 17.3. The van der Waals surface area contributed by atoms with Crippen molar-refractivity contribution < 1.29 is 22.3 Å². The lowest BCUT2D eigenvalue weighted by Gasteiger charge is -2.17. The van der Waals surface area contributed by atoms with Crippen LogP contribution in [0.4, 0.5) is 0 Å². The van der Waals surface area contributed by atoms with Crippen molar-refractivity contribution in [3.63, 3.8) is 0 Å². The molecule has 0 aliphatic carbocycles. The second kappa shape index (κ2) is 6.11. The lowest BCUT2D eigenvalue weighted by molar-refractivity contribution is 0.174. The Labute approximate surface area is 160 Å². The summed E-state index contributed by atoms with van der Waals surface area (Å²) in [5.41, 5.74) is 1.86. The maximum Gasteiger partial charge on any atom is 0.419 e. The molecule has 1 aromatic heterocycles. The number of fused-ring (bicyclic) bond motifs is 2. The largest absolute Gasteiger partial charge is 0.454 e. The van der Waals surface area contributed by atoms with E-state index in [0.717, 1.165) is 12.0 Å². The summed E-state index contributed by atoms with van der Waals surface area (Å²) in [4.78, 5) is 11.8. The molecule has 5 rings (SSSR count). The Morgan fingerprint density at radius 3 is 2.75 bits per heavy atom. The summed E-state index contributed by atoms with van der Waals surface area (Å²) < 4.78 is 44.9. The van der Waals surface area contributed by atoms with Crippen LogP contribution < -0.4 is 15.2 Å². The number of hydrogen-bond donors (Lipinski definition) is 0. The van der Waals surface area contributed by atoms with E-state index >= 15 is 0 Å². The first-order valence-corrected chi connectivity index (χ1v) is 10.4. The molecule has 146 valence electrons. The van der Waals surface area contributed by atoms with E-state index in [-0.39, 0.29) is 17.6 Å². The number of aryl methyl sites for hydroxylation is 1. The Bertz CT molecular complexity index is 1240. The number of rotatable bonds is 3. The topological polar surface area (TPSA) is 91.0 Å².